The predicted molar refractivity (Wildman–Crippen MR) is 56.2 cm³/mol. The predicted octanol–water partition coefficient (Wildman–Crippen LogP) is 0.867. The van der Waals surface area contributed by atoms with Gasteiger partial charge in [0.25, 0.3) is 0 Å². The fraction of sp³-hybridized carbons (Fsp3) is 0.800. The summed E-state index contributed by atoms with van der Waals surface area (Å²) >= 11 is 0. The molecule has 2 atom stereocenters. The molecule has 2 N–H and O–H groups in total. The molecule has 2 heterocycles. The van der Waals surface area contributed by atoms with Crippen molar-refractivity contribution in [1.29, 1.82) is 0 Å². The molecule has 2 rings (SSSR count). The molecule has 0 spiro atoms. The van der Waals surface area contributed by atoms with Crippen molar-refractivity contribution in [1.82, 2.24) is 15.0 Å². The molecule has 0 saturated carbocycles. The fourth-order valence-corrected chi connectivity index (χ4v) is 1.78. The van der Waals surface area contributed by atoms with E-state index in [9.17, 15) is 0 Å². The third-order valence-electron chi connectivity index (χ3n) is 2.79. The number of aromatic nitrogens is 3. The summed E-state index contributed by atoms with van der Waals surface area (Å²) in [6.45, 7) is 3.72. The average Bonchev–Trinajstić information content (AvgIpc) is 2.88. The third kappa shape index (κ3) is 2.54. The summed E-state index contributed by atoms with van der Waals surface area (Å²) in [6.07, 6.45) is 5.39. The minimum atomic E-state index is 0.00301. The summed E-state index contributed by atoms with van der Waals surface area (Å²) in [4.78, 5) is 0. The monoisotopic (exact) mass is 210 g/mol. The molecule has 5 nitrogen and oxygen atoms in total. The molecule has 0 bridgehead atoms. The molecule has 84 valence electrons. The second-order valence-corrected chi connectivity index (χ2v) is 4.02. The Bertz CT molecular complexity index is 306. The topological polar surface area (TPSA) is 66.0 Å². The van der Waals surface area contributed by atoms with E-state index in [1.54, 1.807) is 0 Å². The van der Waals surface area contributed by atoms with Crippen LogP contribution in [0.5, 0.6) is 0 Å². The van der Waals surface area contributed by atoms with Crippen molar-refractivity contribution >= 4 is 0 Å². The Morgan fingerprint density at radius 2 is 2.60 bits per heavy atom. The highest BCUT2D eigenvalue weighted by molar-refractivity contribution is 4.99. The lowest BCUT2D eigenvalue weighted by atomic mass is 10.2. The second kappa shape index (κ2) is 4.72. The Hall–Kier alpha value is -0.940. The van der Waals surface area contributed by atoms with Crippen molar-refractivity contribution in [2.45, 2.75) is 44.9 Å². The molecule has 1 saturated heterocycles. The highest BCUT2D eigenvalue weighted by Crippen LogP contribution is 2.15. The van der Waals surface area contributed by atoms with Crippen LogP contribution in [-0.2, 0) is 11.3 Å². The molecule has 5 heteroatoms. The van der Waals surface area contributed by atoms with Crippen molar-refractivity contribution in [3.63, 3.8) is 0 Å². The van der Waals surface area contributed by atoms with Crippen molar-refractivity contribution in [2.75, 3.05) is 6.61 Å². The van der Waals surface area contributed by atoms with Crippen LogP contribution in [0.2, 0.25) is 0 Å². The van der Waals surface area contributed by atoms with Crippen molar-refractivity contribution in [3.05, 3.63) is 11.9 Å². The molecule has 1 aromatic heterocycles. The molecule has 2 unspecified atom stereocenters. The maximum absolute atomic E-state index is 5.87. The first-order valence-corrected chi connectivity index (χ1v) is 5.56. The number of hydrogen-bond donors (Lipinski definition) is 1. The van der Waals surface area contributed by atoms with E-state index in [2.05, 4.69) is 10.3 Å². The number of rotatable bonds is 4. The van der Waals surface area contributed by atoms with E-state index in [0.717, 1.165) is 38.1 Å². The van der Waals surface area contributed by atoms with Gasteiger partial charge in [-0.2, -0.15) is 0 Å². The van der Waals surface area contributed by atoms with Crippen LogP contribution in [0.4, 0.5) is 0 Å². The Morgan fingerprint density at radius 3 is 3.27 bits per heavy atom. The Morgan fingerprint density at radius 1 is 1.73 bits per heavy atom. The van der Waals surface area contributed by atoms with Crippen molar-refractivity contribution in [3.8, 4) is 0 Å². The van der Waals surface area contributed by atoms with Gasteiger partial charge in [0.1, 0.15) is 0 Å². The van der Waals surface area contributed by atoms with Gasteiger partial charge in [0.15, 0.2) is 0 Å². The summed E-state index contributed by atoms with van der Waals surface area (Å²) in [5.41, 5.74) is 6.74. The van der Waals surface area contributed by atoms with E-state index in [-0.39, 0.29) is 6.04 Å². The maximum atomic E-state index is 5.87. The molecule has 0 amide bonds. The van der Waals surface area contributed by atoms with Crippen LogP contribution in [0.15, 0.2) is 6.20 Å². The normalized spacial score (nSPS) is 23.2. The van der Waals surface area contributed by atoms with E-state index in [0.29, 0.717) is 6.10 Å². The van der Waals surface area contributed by atoms with Gasteiger partial charge >= 0.3 is 0 Å². The van der Waals surface area contributed by atoms with Crippen LogP contribution < -0.4 is 5.73 Å². The smallest absolute Gasteiger partial charge is 0.0994 e. The number of hydrogen-bond acceptors (Lipinski definition) is 4. The van der Waals surface area contributed by atoms with Gasteiger partial charge in [0.2, 0.25) is 0 Å². The van der Waals surface area contributed by atoms with Gasteiger partial charge in [-0.3, -0.25) is 0 Å². The quantitative estimate of drug-likeness (QED) is 0.800. The largest absolute Gasteiger partial charge is 0.376 e. The Kier molecular flexibility index (Phi) is 3.33. The summed E-state index contributed by atoms with van der Waals surface area (Å²) in [6, 6.07) is 0.00301. The maximum Gasteiger partial charge on any atom is 0.0994 e. The summed E-state index contributed by atoms with van der Waals surface area (Å²) in [7, 11) is 0. The van der Waals surface area contributed by atoms with Crippen molar-refractivity contribution in [2.24, 2.45) is 5.73 Å². The average molecular weight is 210 g/mol. The first kappa shape index (κ1) is 10.6. The van der Waals surface area contributed by atoms with Crippen LogP contribution in [0.25, 0.3) is 0 Å². The Labute approximate surface area is 89.6 Å². The first-order chi connectivity index (χ1) is 7.29. The number of nitrogens with two attached hydrogens (primary N) is 1. The highest BCUT2D eigenvalue weighted by atomic mass is 16.5. The van der Waals surface area contributed by atoms with Gasteiger partial charge in [-0.05, 0) is 19.3 Å². The van der Waals surface area contributed by atoms with Gasteiger partial charge in [-0.15, -0.1) is 5.10 Å². The minimum Gasteiger partial charge on any atom is -0.376 e. The third-order valence-corrected chi connectivity index (χ3v) is 2.79. The SMILES string of the molecule is CCC(N)c1cn(CC2CCCO2)nn1. The zero-order chi connectivity index (χ0) is 10.7. The van der Waals surface area contributed by atoms with Crippen LogP contribution in [0.3, 0.4) is 0 Å². The molecule has 1 aliphatic rings. The lowest BCUT2D eigenvalue weighted by molar-refractivity contribution is 0.0935. The molecule has 1 fully saturated rings. The summed E-state index contributed by atoms with van der Waals surface area (Å²) in [5, 5.41) is 8.12. The lowest BCUT2D eigenvalue weighted by Crippen LogP contribution is -2.15. The van der Waals surface area contributed by atoms with Crippen LogP contribution >= 0.6 is 0 Å². The first-order valence-electron chi connectivity index (χ1n) is 5.56. The molecule has 15 heavy (non-hydrogen) atoms. The van der Waals surface area contributed by atoms with Crippen molar-refractivity contribution < 1.29 is 4.74 Å². The summed E-state index contributed by atoms with van der Waals surface area (Å²) < 4.78 is 7.37. The molecule has 1 aliphatic heterocycles. The van der Waals surface area contributed by atoms with E-state index < -0.39 is 0 Å². The number of nitrogens with zero attached hydrogens (tertiary/aromatic N) is 3. The van der Waals surface area contributed by atoms with Crippen LogP contribution in [0.1, 0.15) is 37.9 Å². The van der Waals surface area contributed by atoms with E-state index in [1.165, 1.54) is 0 Å². The number of ether oxygens (including phenoxy) is 1. The fourth-order valence-electron chi connectivity index (χ4n) is 1.78. The second-order valence-electron chi connectivity index (χ2n) is 4.02. The van der Waals surface area contributed by atoms with Gasteiger partial charge in [0.05, 0.1) is 30.6 Å². The van der Waals surface area contributed by atoms with E-state index >= 15 is 0 Å². The van der Waals surface area contributed by atoms with Crippen LogP contribution in [-0.4, -0.2) is 27.7 Å². The standard InChI is InChI=1S/C10H18N4O/c1-2-9(11)10-7-14(13-12-10)6-8-4-3-5-15-8/h7-9H,2-6,11H2,1H3. The van der Waals surface area contributed by atoms with E-state index in [1.807, 2.05) is 17.8 Å². The minimum absolute atomic E-state index is 0.00301. The highest BCUT2D eigenvalue weighted by Gasteiger charge is 2.17. The Balaban J connectivity index is 1.94. The molecule has 0 aliphatic carbocycles. The molecule has 1 aromatic rings. The van der Waals surface area contributed by atoms with Gasteiger partial charge < -0.3 is 10.5 Å². The van der Waals surface area contributed by atoms with Crippen LogP contribution in [0, 0.1) is 0 Å². The zero-order valence-electron chi connectivity index (χ0n) is 9.09. The van der Waals surface area contributed by atoms with Gasteiger partial charge in [0, 0.05) is 6.61 Å². The molecule has 0 radical (unpaired) electrons. The van der Waals surface area contributed by atoms with Gasteiger partial charge in [-0.1, -0.05) is 12.1 Å². The lowest BCUT2D eigenvalue weighted by Gasteiger charge is -2.07. The summed E-state index contributed by atoms with van der Waals surface area (Å²) in [5.74, 6) is 0. The molecule has 0 aromatic carbocycles. The van der Waals surface area contributed by atoms with Gasteiger partial charge in [-0.25, -0.2) is 4.68 Å². The van der Waals surface area contributed by atoms with E-state index in [4.69, 9.17) is 10.5 Å². The molecular weight excluding hydrogens is 192 g/mol. The zero-order valence-corrected chi connectivity index (χ0v) is 9.09. The molecular formula is C10H18N4O.